The molecular weight excluding hydrogens is 332 g/mol. The second kappa shape index (κ2) is 7.69. The van der Waals surface area contributed by atoms with Crippen LogP contribution in [0, 0.1) is 6.92 Å². The van der Waals surface area contributed by atoms with Crippen LogP contribution in [0.4, 0.5) is 0 Å². The van der Waals surface area contributed by atoms with Crippen molar-refractivity contribution < 1.29 is 14.3 Å². The zero-order valence-corrected chi connectivity index (χ0v) is 14.9. The summed E-state index contributed by atoms with van der Waals surface area (Å²) in [6.07, 6.45) is 1.53. The Hall–Kier alpha value is -3.35. The van der Waals surface area contributed by atoms with E-state index in [9.17, 15) is 4.79 Å². The first kappa shape index (κ1) is 17.5. The van der Waals surface area contributed by atoms with Gasteiger partial charge in [-0.2, -0.15) is 5.10 Å². The van der Waals surface area contributed by atoms with E-state index in [0.717, 1.165) is 16.9 Å². The number of fused-ring (bicyclic) bond motifs is 1. The average molecular weight is 352 g/mol. The molecule has 1 N–H and O–H groups in total. The molecule has 0 atom stereocenters. The van der Waals surface area contributed by atoms with Crippen molar-refractivity contribution in [2.24, 2.45) is 5.10 Å². The number of nitrogens with zero attached hydrogens (tertiary/aromatic N) is 3. The van der Waals surface area contributed by atoms with Crippen LogP contribution in [0.25, 0.3) is 11.0 Å². The van der Waals surface area contributed by atoms with Crippen LogP contribution in [0.5, 0.6) is 11.5 Å². The molecule has 0 fully saturated rings. The van der Waals surface area contributed by atoms with Crippen molar-refractivity contribution in [3.05, 3.63) is 53.9 Å². The van der Waals surface area contributed by atoms with E-state index in [1.807, 2.05) is 35.8 Å². The molecule has 0 spiro atoms. The van der Waals surface area contributed by atoms with Crippen LogP contribution in [-0.4, -0.2) is 35.9 Å². The van der Waals surface area contributed by atoms with Gasteiger partial charge >= 0.3 is 0 Å². The molecule has 1 amide bonds. The number of imidazole rings is 1. The van der Waals surface area contributed by atoms with Gasteiger partial charge in [0.15, 0.2) is 0 Å². The van der Waals surface area contributed by atoms with Gasteiger partial charge in [-0.3, -0.25) is 4.79 Å². The van der Waals surface area contributed by atoms with Crippen LogP contribution in [0.1, 0.15) is 11.4 Å². The van der Waals surface area contributed by atoms with Crippen molar-refractivity contribution in [3.63, 3.8) is 0 Å². The number of carbonyl (C=O) groups excluding carboxylic acids is 1. The number of amides is 1. The maximum Gasteiger partial charge on any atom is 0.260 e. The number of hydrogen-bond acceptors (Lipinski definition) is 5. The van der Waals surface area contributed by atoms with Crippen molar-refractivity contribution in [2.75, 3.05) is 14.2 Å². The molecule has 7 heteroatoms. The quantitative estimate of drug-likeness (QED) is 0.546. The van der Waals surface area contributed by atoms with E-state index >= 15 is 0 Å². The van der Waals surface area contributed by atoms with Crippen molar-refractivity contribution in [1.82, 2.24) is 15.0 Å². The first-order valence-electron chi connectivity index (χ1n) is 8.08. The number of aryl methyl sites for hydroxylation is 1. The molecule has 1 heterocycles. The molecule has 1 aromatic heterocycles. The van der Waals surface area contributed by atoms with Crippen LogP contribution in [0.3, 0.4) is 0 Å². The van der Waals surface area contributed by atoms with E-state index in [1.165, 1.54) is 6.21 Å². The molecule has 0 saturated heterocycles. The van der Waals surface area contributed by atoms with Gasteiger partial charge in [0.2, 0.25) is 0 Å². The Labute approximate surface area is 151 Å². The molecule has 7 nitrogen and oxygen atoms in total. The Morgan fingerprint density at radius 1 is 1.23 bits per heavy atom. The fourth-order valence-electron chi connectivity index (χ4n) is 2.69. The number of methoxy groups -OCH3 is 2. The van der Waals surface area contributed by atoms with Gasteiger partial charge in [0, 0.05) is 5.56 Å². The van der Waals surface area contributed by atoms with Crippen molar-refractivity contribution >= 4 is 23.2 Å². The maximum atomic E-state index is 12.2. The van der Waals surface area contributed by atoms with Crippen molar-refractivity contribution in [3.8, 4) is 11.5 Å². The Bertz CT molecular complexity index is 963. The average Bonchev–Trinajstić information content (AvgIpc) is 2.97. The van der Waals surface area contributed by atoms with Crippen LogP contribution >= 0.6 is 0 Å². The van der Waals surface area contributed by atoms with Gasteiger partial charge in [-0.05, 0) is 37.3 Å². The van der Waals surface area contributed by atoms with Crippen LogP contribution in [0.2, 0.25) is 0 Å². The molecule has 3 aromatic rings. The lowest BCUT2D eigenvalue weighted by atomic mass is 10.2. The van der Waals surface area contributed by atoms with Gasteiger partial charge in [-0.1, -0.05) is 12.1 Å². The summed E-state index contributed by atoms with van der Waals surface area (Å²) in [5.74, 6) is 1.86. The molecule has 0 unspecified atom stereocenters. The molecule has 0 aliphatic rings. The number of carbonyl (C=O) groups is 1. The minimum Gasteiger partial charge on any atom is -0.497 e. The van der Waals surface area contributed by atoms with Gasteiger partial charge in [0.25, 0.3) is 5.91 Å². The molecule has 0 bridgehead atoms. The summed E-state index contributed by atoms with van der Waals surface area (Å²) in [6, 6.07) is 13.1. The minimum absolute atomic E-state index is 0.138. The summed E-state index contributed by atoms with van der Waals surface area (Å²) in [5, 5.41) is 4.02. The third kappa shape index (κ3) is 3.66. The van der Waals surface area contributed by atoms with E-state index < -0.39 is 0 Å². The molecule has 0 saturated carbocycles. The largest absolute Gasteiger partial charge is 0.497 e. The Balaban J connectivity index is 1.71. The molecular formula is C19H20N4O3. The number of hydrazone groups is 1. The lowest BCUT2D eigenvalue weighted by Crippen LogP contribution is -2.23. The Morgan fingerprint density at radius 3 is 2.81 bits per heavy atom. The zero-order valence-electron chi connectivity index (χ0n) is 14.9. The first-order chi connectivity index (χ1) is 12.6. The lowest BCUT2D eigenvalue weighted by Gasteiger charge is -2.07. The van der Waals surface area contributed by atoms with E-state index in [4.69, 9.17) is 9.47 Å². The van der Waals surface area contributed by atoms with Crippen molar-refractivity contribution in [2.45, 2.75) is 13.5 Å². The minimum atomic E-state index is -0.241. The third-order valence-electron chi connectivity index (χ3n) is 3.98. The summed E-state index contributed by atoms with van der Waals surface area (Å²) in [7, 11) is 3.16. The van der Waals surface area contributed by atoms with Gasteiger partial charge in [0.1, 0.15) is 23.9 Å². The van der Waals surface area contributed by atoms with Gasteiger partial charge in [0.05, 0.1) is 31.5 Å². The number of hydrogen-bond donors (Lipinski definition) is 1. The van der Waals surface area contributed by atoms with Gasteiger partial charge in [-0.15, -0.1) is 0 Å². The summed E-state index contributed by atoms with van der Waals surface area (Å²) < 4.78 is 12.3. The van der Waals surface area contributed by atoms with Gasteiger partial charge < -0.3 is 14.0 Å². The number of ether oxygens (including phenoxy) is 2. The second-order valence-corrected chi connectivity index (χ2v) is 5.63. The fraction of sp³-hybridized carbons (Fsp3) is 0.211. The monoisotopic (exact) mass is 352 g/mol. The van der Waals surface area contributed by atoms with Crippen LogP contribution in [-0.2, 0) is 11.3 Å². The Kier molecular flexibility index (Phi) is 5.17. The first-order valence-corrected chi connectivity index (χ1v) is 8.08. The summed E-state index contributed by atoms with van der Waals surface area (Å²) >= 11 is 0. The molecule has 26 heavy (non-hydrogen) atoms. The highest BCUT2D eigenvalue weighted by Crippen LogP contribution is 2.22. The normalized spacial score (nSPS) is 11.0. The van der Waals surface area contributed by atoms with E-state index in [2.05, 4.69) is 15.5 Å². The van der Waals surface area contributed by atoms with E-state index in [0.29, 0.717) is 17.1 Å². The summed E-state index contributed by atoms with van der Waals surface area (Å²) in [6.45, 7) is 2.01. The number of benzene rings is 2. The third-order valence-corrected chi connectivity index (χ3v) is 3.98. The number of para-hydroxylation sites is 2. The lowest BCUT2D eigenvalue weighted by molar-refractivity contribution is -0.121. The zero-order chi connectivity index (χ0) is 18.5. The highest BCUT2D eigenvalue weighted by Gasteiger charge is 2.10. The fourth-order valence-corrected chi connectivity index (χ4v) is 2.69. The SMILES string of the molecule is COc1ccc(OC)c(/C=N\NC(=O)Cn2c(C)nc3ccccc32)c1. The molecule has 2 aromatic carbocycles. The Morgan fingerprint density at radius 2 is 2.04 bits per heavy atom. The number of rotatable bonds is 6. The summed E-state index contributed by atoms with van der Waals surface area (Å²) in [4.78, 5) is 16.7. The smallest absolute Gasteiger partial charge is 0.260 e. The molecule has 134 valence electrons. The van der Waals surface area contributed by atoms with Crippen molar-refractivity contribution in [1.29, 1.82) is 0 Å². The van der Waals surface area contributed by atoms with E-state index in [-0.39, 0.29) is 12.5 Å². The predicted molar refractivity (Wildman–Crippen MR) is 99.8 cm³/mol. The summed E-state index contributed by atoms with van der Waals surface area (Å²) in [5.41, 5.74) is 5.02. The topological polar surface area (TPSA) is 77.7 Å². The predicted octanol–water partition coefficient (Wildman–Crippen LogP) is 2.51. The molecule has 0 aliphatic carbocycles. The van der Waals surface area contributed by atoms with Crippen LogP contribution < -0.4 is 14.9 Å². The number of aromatic nitrogens is 2. The maximum absolute atomic E-state index is 12.2. The highest BCUT2D eigenvalue weighted by atomic mass is 16.5. The number of nitrogens with one attached hydrogen (secondary N) is 1. The second-order valence-electron chi connectivity index (χ2n) is 5.63. The standard InChI is InChI=1S/C19H20N4O3/c1-13-21-16-6-4-5-7-17(16)23(13)12-19(24)22-20-11-14-10-15(25-2)8-9-18(14)26-3/h4-11H,12H2,1-3H3,(H,22,24)/b20-11-. The molecule has 0 radical (unpaired) electrons. The van der Waals surface area contributed by atoms with E-state index in [1.54, 1.807) is 32.4 Å². The molecule has 0 aliphatic heterocycles. The molecule has 3 rings (SSSR count). The highest BCUT2D eigenvalue weighted by molar-refractivity contribution is 5.86. The van der Waals surface area contributed by atoms with Crippen LogP contribution in [0.15, 0.2) is 47.6 Å². The van der Waals surface area contributed by atoms with Gasteiger partial charge in [-0.25, -0.2) is 10.4 Å².